The van der Waals surface area contributed by atoms with Crippen LogP contribution in [0.4, 0.5) is 5.69 Å². The number of nitrogens with two attached hydrogens (primary N) is 1. The number of pyridine rings is 1. The Kier molecular flexibility index (Phi) is 4.19. The molecule has 0 spiro atoms. The van der Waals surface area contributed by atoms with Crippen LogP contribution in [0.15, 0.2) is 18.3 Å². The number of nitrogens with zero attached hydrogens (tertiary/aromatic N) is 3. The Labute approximate surface area is 110 Å². The van der Waals surface area contributed by atoms with Crippen LogP contribution in [-0.4, -0.2) is 42.1 Å². The summed E-state index contributed by atoms with van der Waals surface area (Å²) >= 11 is 0. The topological polar surface area (TPSA) is 45.4 Å². The highest BCUT2D eigenvalue weighted by Gasteiger charge is 2.19. The first kappa shape index (κ1) is 13.3. The number of hydrogen-bond donors (Lipinski definition) is 1. The van der Waals surface area contributed by atoms with E-state index in [1.54, 1.807) is 0 Å². The third-order valence-electron chi connectivity index (χ3n) is 3.65. The Bertz CT molecular complexity index is 364. The van der Waals surface area contributed by atoms with E-state index in [0.29, 0.717) is 6.04 Å². The Hall–Kier alpha value is -1.13. The predicted octanol–water partition coefficient (Wildman–Crippen LogP) is 1.63. The largest absolute Gasteiger partial charge is 0.368 e. The molecule has 1 aromatic rings. The number of hydrogen-bond acceptors (Lipinski definition) is 4. The van der Waals surface area contributed by atoms with E-state index in [2.05, 4.69) is 34.7 Å². The monoisotopic (exact) mass is 248 g/mol. The Morgan fingerprint density at radius 2 is 1.78 bits per heavy atom. The van der Waals surface area contributed by atoms with E-state index in [1.807, 2.05) is 19.2 Å². The van der Waals surface area contributed by atoms with Gasteiger partial charge in [0.2, 0.25) is 0 Å². The normalized spacial score (nSPS) is 19.3. The number of anilines is 1. The van der Waals surface area contributed by atoms with Gasteiger partial charge < -0.3 is 10.6 Å². The number of aromatic nitrogens is 1. The average molecular weight is 248 g/mol. The molecule has 18 heavy (non-hydrogen) atoms. The van der Waals surface area contributed by atoms with Gasteiger partial charge in [0, 0.05) is 38.3 Å². The minimum Gasteiger partial charge on any atom is -0.368 e. The van der Waals surface area contributed by atoms with Crippen LogP contribution in [0.25, 0.3) is 0 Å². The smallest absolute Gasteiger partial charge is 0.0569 e. The number of piperazine rings is 1. The van der Waals surface area contributed by atoms with Gasteiger partial charge in [-0.2, -0.15) is 0 Å². The van der Waals surface area contributed by atoms with Crippen molar-refractivity contribution in [2.75, 3.05) is 31.1 Å². The molecule has 0 radical (unpaired) electrons. The van der Waals surface area contributed by atoms with Crippen molar-refractivity contribution in [2.45, 2.75) is 32.9 Å². The molecule has 1 aromatic heterocycles. The van der Waals surface area contributed by atoms with Gasteiger partial charge in [-0.3, -0.25) is 9.88 Å². The van der Waals surface area contributed by atoms with Crippen molar-refractivity contribution in [1.82, 2.24) is 9.88 Å². The third-order valence-corrected chi connectivity index (χ3v) is 3.65. The maximum absolute atomic E-state index is 5.81. The highest BCUT2D eigenvalue weighted by molar-refractivity contribution is 5.45. The SMILES string of the molecule is CC(C)N1CCN(c2ccc([C@@H](C)N)nc2)CC1. The summed E-state index contributed by atoms with van der Waals surface area (Å²) in [5.41, 5.74) is 7.98. The highest BCUT2D eigenvalue weighted by atomic mass is 15.3. The van der Waals surface area contributed by atoms with E-state index < -0.39 is 0 Å². The predicted molar refractivity (Wildman–Crippen MR) is 75.8 cm³/mol. The van der Waals surface area contributed by atoms with Gasteiger partial charge in [0.1, 0.15) is 0 Å². The summed E-state index contributed by atoms with van der Waals surface area (Å²) in [6, 6.07) is 4.83. The minimum atomic E-state index is 0.0110. The zero-order valence-electron chi connectivity index (χ0n) is 11.6. The lowest BCUT2D eigenvalue weighted by Crippen LogP contribution is -2.48. The van der Waals surface area contributed by atoms with Gasteiger partial charge >= 0.3 is 0 Å². The third kappa shape index (κ3) is 3.00. The van der Waals surface area contributed by atoms with Crippen LogP contribution >= 0.6 is 0 Å². The van der Waals surface area contributed by atoms with Crippen molar-refractivity contribution >= 4 is 5.69 Å². The molecule has 0 unspecified atom stereocenters. The summed E-state index contributed by atoms with van der Waals surface area (Å²) in [6.07, 6.45) is 1.95. The van der Waals surface area contributed by atoms with Gasteiger partial charge in [-0.1, -0.05) is 0 Å². The van der Waals surface area contributed by atoms with Crippen LogP contribution < -0.4 is 10.6 Å². The molecule has 4 heteroatoms. The molecule has 0 aliphatic carbocycles. The quantitative estimate of drug-likeness (QED) is 0.883. The second-order valence-corrected chi connectivity index (χ2v) is 5.35. The van der Waals surface area contributed by atoms with Gasteiger partial charge in [0.05, 0.1) is 17.6 Å². The molecule has 1 aliphatic rings. The summed E-state index contributed by atoms with van der Waals surface area (Å²) in [5, 5.41) is 0. The van der Waals surface area contributed by atoms with Crippen molar-refractivity contribution in [3.05, 3.63) is 24.0 Å². The van der Waals surface area contributed by atoms with Crippen LogP contribution in [0.2, 0.25) is 0 Å². The van der Waals surface area contributed by atoms with Crippen molar-refractivity contribution in [3.63, 3.8) is 0 Å². The summed E-state index contributed by atoms with van der Waals surface area (Å²) in [5.74, 6) is 0. The molecule has 2 heterocycles. The van der Waals surface area contributed by atoms with Crippen LogP contribution in [0.1, 0.15) is 32.5 Å². The second-order valence-electron chi connectivity index (χ2n) is 5.35. The van der Waals surface area contributed by atoms with Gasteiger partial charge in [-0.25, -0.2) is 0 Å². The molecule has 0 saturated carbocycles. The molecule has 2 N–H and O–H groups in total. The van der Waals surface area contributed by atoms with E-state index in [0.717, 1.165) is 31.9 Å². The van der Waals surface area contributed by atoms with Gasteiger partial charge in [0.15, 0.2) is 0 Å². The Morgan fingerprint density at radius 3 is 2.22 bits per heavy atom. The van der Waals surface area contributed by atoms with Crippen molar-refractivity contribution in [1.29, 1.82) is 0 Å². The summed E-state index contributed by atoms with van der Waals surface area (Å²) in [6.45, 7) is 10.9. The molecule has 0 aromatic carbocycles. The van der Waals surface area contributed by atoms with E-state index in [1.165, 1.54) is 5.69 Å². The fourth-order valence-corrected chi connectivity index (χ4v) is 2.35. The maximum atomic E-state index is 5.81. The first-order chi connectivity index (χ1) is 8.58. The molecule has 2 rings (SSSR count). The van der Waals surface area contributed by atoms with Crippen LogP contribution in [0, 0.1) is 0 Å². The van der Waals surface area contributed by atoms with Crippen molar-refractivity contribution < 1.29 is 0 Å². The highest BCUT2D eigenvalue weighted by Crippen LogP contribution is 2.18. The number of rotatable bonds is 3. The van der Waals surface area contributed by atoms with E-state index >= 15 is 0 Å². The Morgan fingerprint density at radius 1 is 1.11 bits per heavy atom. The minimum absolute atomic E-state index is 0.0110. The molecule has 1 saturated heterocycles. The maximum Gasteiger partial charge on any atom is 0.0569 e. The van der Waals surface area contributed by atoms with Gasteiger partial charge in [-0.15, -0.1) is 0 Å². The molecule has 0 amide bonds. The summed E-state index contributed by atoms with van der Waals surface area (Å²) in [4.78, 5) is 9.34. The lowest BCUT2D eigenvalue weighted by molar-refractivity contribution is 0.209. The fraction of sp³-hybridized carbons (Fsp3) is 0.643. The Balaban J connectivity index is 1.97. The molecule has 1 atom stereocenters. The molecule has 1 fully saturated rings. The zero-order valence-corrected chi connectivity index (χ0v) is 11.6. The van der Waals surface area contributed by atoms with E-state index in [4.69, 9.17) is 5.73 Å². The molecular formula is C14H24N4. The van der Waals surface area contributed by atoms with Crippen molar-refractivity contribution in [3.8, 4) is 0 Å². The second kappa shape index (κ2) is 5.67. The summed E-state index contributed by atoms with van der Waals surface area (Å²) < 4.78 is 0. The lowest BCUT2D eigenvalue weighted by Gasteiger charge is -2.38. The van der Waals surface area contributed by atoms with Crippen LogP contribution in [-0.2, 0) is 0 Å². The van der Waals surface area contributed by atoms with Crippen molar-refractivity contribution in [2.24, 2.45) is 5.73 Å². The lowest BCUT2D eigenvalue weighted by atomic mass is 10.2. The van der Waals surface area contributed by atoms with Gasteiger partial charge in [0.25, 0.3) is 0 Å². The zero-order chi connectivity index (χ0) is 13.1. The van der Waals surface area contributed by atoms with Crippen LogP contribution in [0.5, 0.6) is 0 Å². The van der Waals surface area contributed by atoms with Crippen LogP contribution in [0.3, 0.4) is 0 Å². The molecule has 100 valence electrons. The first-order valence-corrected chi connectivity index (χ1v) is 6.78. The first-order valence-electron chi connectivity index (χ1n) is 6.78. The molecule has 4 nitrogen and oxygen atoms in total. The average Bonchev–Trinajstić information content (AvgIpc) is 2.39. The van der Waals surface area contributed by atoms with Gasteiger partial charge in [-0.05, 0) is 32.9 Å². The molecule has 0 bridgehead atoms. The fourth-order valence-electron chi connectivity index (χ4n) is 2.35. The van der Waals surface area contributed by atoms with E-state index in [9.17, 15) is 0 Å². The molecule has 1 aliphatic heterocycles. The molecular weight excluding hydrogens is 224 g/mol. The standard InChI is InChI=1S/C14H24N4/c1-11(2)17-6-8-18(9-7-17)13-4-5-14(12(3)15)16-10-13/h4-5,10-12H,6-9,15H2,1-3H3/t12-/m1/s1. The summed E-state index contributed by atoms with van der Waals surface area (Å²) in [7, 11) is 0. The van der Waals surface area contributed by atoms with E-state index in [-0.39, 0.29) is 6.04 Å².